The van der Waals surface area contributed by atoms with Crippen LogP contribution in [0.2, 0.25) is 5.02 Å². The second-order valence-corrected chi connectivity index (χ2v) is 5.70. The summed E-state index contributed by atoms with van der Waals surface area (Å²) in [6.07, 6.45) is 1.68. The van der Waals surface area contributed by atoms with Gasteiger partial charge in [0.1, 0.15) is 0 Å². The Morgan fingerprint density at radius 3 is 2.79 bits per heavy atom. The Labute approximate surface area is 144 Å². The number of nitrogens with one attached hydrogen (secondary N) is 2. The van der Waals surface area contributed by atoms with Crippen LogP contribution in [0, 0.1) is 6.92 Å². The molecule has 124 valence electrons. The maximum absolute atomic E-state index is 12.0. The van der Waals surface area contributed by atoms with Gasteiger partial charge in [-0.3, -0.25) is 10.00 Å². The van der Waals surface area contributed by atoms with Crippen molar-refractivity contribution in [3.05, 3.63) is 59.0 Å². The zero-order chi connectivity index (χ0) is 17.1. The molecule has 3 rings (SSSR count). The third-order valence-electron chi connectivity index (χ3n) is 3.56. The molecule has 0 aliphatic heterocycles. The number of amides is 2. The van der Waals surface area contributed by atoms with Crippen molar-refractivity contribution < 1.29 is 4.79 Å². The van der Waals surface area contributed by atoms with E-state index in [0.717, 1.165) is 17.1 Å². The maximum Gasteiger partial charge on any atom is 0.320 e. The van der Waals surface area contributed by atoms with E-state index < -0.39 is 0 Å². The Morgan fingerprint density at radius 2 is 2.08 bits per heavy atom. The van der Waals surface area contributed by atoms with Crippen LogP contribution in [0.3, 0.4) is 0 Å². The number of hydrogen-bond donors (Lipinski definition) is 2. The molecule has 0 fully saturated rings. The minimum Gasteiger partial charge on any atom is -0.332 e. The molecule has 8 heteroatoms. The quantitative estimate of drug-likeness (QED) is 0.764. The molecule has 7 nitrogen and oxygen atoms in total. The van der Waals surface area contributed by atoms with Crippen LogP contribution in [0.1, 0.15) is 11.4 Å². The fourth-order valence-corrected chi connectivity index (χ4v) is 2.52. The monoisotopic (exact) mass is 344 g/mol. The van der Waals surface area contributed by atoms with Crippen LogP contribution in [-0.4, -0.2) is 25.6 Å². The van der Waals surface area contributed by atoms with Crippen molar-refractivity contribution in [1.29, 1.82) is 0 Å². The summed E-state index contributed by atoms with van der Waals surface area (Å²) in [6.45, 7) is 2.28. The summed E-state index contributed by atoms with van der Waals surface area (Å²) in [5.41, 5.74) is 2.54. The predicted molar refractivity (Wildman–Crippen MR) is 92.4 cm³/mol. The van der Waals surface area contributed by atoms with Crippen molar-refractivity contribution in [2.24, 2.45) is 7.05 Å². The van der Waals surface area contributed by atoms with Gasteiger partial charge in [0.15, 0.2) is 5.82 Å². The van der Waals surface area contributed by atoms with E-state index in [1.54, 1.807) is 27.7 Å². The predicted octanol–water partition coefficient (Wildman–Crippen LogP) is 2.89. The van der Waals surface area contributed by atoms with Gasteiger partial charge in [0, 0.05) is 25.0 Å². The molecule has 0 aliphatic rings. The van der Waals surface area contributed by atoms with Crippen LogP contribution in [0.4, 0.5) is 10.6 Å². The number of carbonyl (C=O) groups excluding carboxylic acids is 1. The second-order valence-electron chi connectivity index (χ2n) is 5.29. The smallest absolute Gasteiger partial charge is 0.320 e. The third-order valence-corrected chi connectivity index (χ3v) is 3.88. The van der Waals surface area contributed by atoms with E-state index in [1.165, 1.54) is 0 Å². The van der Waals surface area contributed by atoms with E-state index in [1.807, 2.05) is 38.2 Å². The highest BCUT2D eigenvalue weighted by atomic mass is 35.5. The van der Waals surface area contributed by atoms with Crippen molar-refractivity contribution in [1.82, 2.24) is 24.9 Å². The number of hydrogen-bond acceptors (Lipinski definition) is 3. The van der Waals surface area contributed by atoms with Crippen LogP contribution in [0.25, 0.3) is 5.69 Å². The summed E-state index contributed by atoms with van der Waals surface area (Å²) < 4.78 is 3.40. The molecule has 0 saturated carbocycles. The van der Waals surface area contributed by atoms with Gasteiger partial charge in [0.2, 0.25) is 0 Å². The van der Waals surface area contributed by atoms with Gasteiger partial charge in [-0.05, 0) is 25.1 Å². The van der Waals surface area contributed by atoms with Crippen molar-refractivity contribution >= 4 is 23.4 Å². The van der Waals surface area contributed by atoms with Gasteiger partial charge in [-0.25, -0.2) is 9.48 Å². The Balaban J connectivity index is 1.68. The van der Waals surface area contributed by atoms with Gasteiger partial charge < -0.3 is 5.32 Å². The van der Waals surface area contributed by atoms with Crippen molar-refractivity contribution in [2.45, 2.75) is 13.5 Å². The summed E-state index contributed by atoms with van der Waals surface area (Å²) in [6, 6.07) is 10.7. The number of halogens is 1. The highest BCUT2D eigenvalue weighted by Crippen LogP contribution is 2.22. The van der Waals surface area contributed by atoms with E-state index in [-0.39, 0.29) is 6.03 Å². The maximum atomic E-state index is 12.0. The molecule has 2 N–H and O–H groups in total. The largest absolute Gasteiger partial charge is 0.332 e. The lowest BCUT2D eigenvalue weighted by molar-refractivity contribution is 0.251. The lowest BCUT2D eigenvalue weighted by Gasteiger charge is -2.07. The van der Waals surface area contributed by atoms with Gasteiger partial charge >= 0.3 is 6.03 Å². The van der Waals surface area contributed by atoms with E-state index in [0.29, 0.717) is 17.4 Å². The average Bonchev–Trinajstić information content (AvgIpc) is 3.11. The minimum atomic E-state index is -0.333. The van der Waals surface area contributed by atoms with Crippen LogP contribution < -0.4 is 10.6 Å². The van der Waals surface area contributed by atoms with Crippen molar-refractivity contribution in [3.8, 4) is 5.69 Å². The van der Waals surface area contributed by atoms with Crippen LogP contribution in [-0.2, 0) is 13.6 Å². The Morgan fingerprint density at radius 1 is 1.29 bits per heavy atom. The number of carbonyl (C=O) groups is 1. The summed E-state index contributed by atoms with van der Waals surface area (Å²) in [7, 11) is 1.82. The number of benzene rings is 1. The molecule has 0 bridgehead atoms. The summed E-state index contributed by atoms with van der Waals surface area (Å²) in [5, 5.41) is 14.5. The number of para-hydroxylation sites is 1. The molecule has 0 saturated heterocycles. The van der Waals surface area contributed by atoms with E-state index in [2.05, 4.69) is 20.8 Å². The highest BCUT2D eigenvalue weighted by Gasteiger charge is 2.11. The fraction of sp³-hybridized carbons (Fsp3) is 0.188. The Hall–Kier alpha value is -2.80. The fourth-order valence-electron chi connectivity index (χ4n) is 2.31. The minimum absolute atomic E-state index is 0.333. The van der Waals surface area contributed by atoms with Crippen LogP contribution in [0.5, 0.6) is 0 Å². The first-order valence-electron chi connectivity index (χ1n) is 7.38. The summed E-state index contributed by atoms with van der Waals surface area (Å²) in [4.78, 5) is 12.0. The molecule has 2 amide bonds. The molecule has 2 heterocycles. The van der Waals surface area contributed by atoms with Gasteiger partial charge in [-0.2, -0.15) is 5.10 Å². The van der Waals surface area contributed by atoms with Crippen LogP contribution in [0.15, 0.2) is 42.6 Å². The second kappa shape index (κ2) is 6.76. The highest BCUT2D eigenvalue weighted by molar-refractivity contribution is 6.32. The molecular formula is C16H17ClN6O. The molecule has 0 aliphatic carbocycles. The molecular weight excluding hydrogens is 328 g/mol. The number of urea groups is 1. The zero-order valence-corrected chi connectivity index (χ0v) is 14.1. The molecule has 3 aromatic rings. The molecule has 0 unspecified atom stereocenters. The van der Waals surface area contributed by atoms with E-state index in [9.17, 15) is 4.79 Å². The number of aromatic nitrogens is 4. The number of aryl methyl sites for hydroxylation is 2. The molecule has 1 aromatic carbocycles. The van der Waals surface area contributed by atoms with Gasteiger partial charge in [-0.15, -0.1) is 5.10 Å². The first-order chi connectivity index (χ1) is 11.5. The lowest BCUT2D eigenvalue weighted by Crippen LogP contribution is -2.29. The molecule has 0 radical (unpaired) electrons. The zero-order valence-electron chi connectivity index (χ0n) is 13.3. The average molecular weight is 345 g/mol. The van der Waals surface area contributed by atoms with Gasteiger partial charge in [0.05, 0.1) is 22.9 Å². The van der Waals surface area contributed by atoms with Crippen molar-refractivity contribution in [2.75, 3.05) is 5.32 Å². The first-order valence-corrected chi connectivity index (χ1v) is 7.75. The van der Waals surface area contributed by atoms with Gasteiger partial charge in [-0.1, -0.05) is 23.7 Å². The Kier molecular flexibility index (Phi) is 4.52. The topological polar surface area (TPSA) is 76.8 Å². The SMILES string of the molecule is Cc1cc(NC(=O)NCc2ccnn2C)nn1-c1ccccc1Cl. The number of rotatable bonds is 4. The first kappa shape index (κ1) is 16.1. The molecule has 24 heavy (non-hydrogen) atoms. The summed E-state index contributed by atoms with van der Waals surface area (Å²) in [5.74, 6) is 0.454. The third kappa shape index (κ3) is 3.41. The molecule has 2 aromatic heterocycles. The molecule has 0 spiro atoms. The normalized spacial score (nSPS) is 10.6. The van der Waals surface area contributed by atoms with Crippen molar-refractivity contribution in [3.63, 3.8) is 0 Å². The Bertz CT molecular complexity index is 869. The summed E-state index contributed by atoms with van der Waals surface area (Å²) >= 11 is 6.20. The lowest BCUT2D eigenvalue weighted by atomic mass is 10.3. The van der Waals surface area contributed by atoms with Crippen LogP contribution >= 0.6 is 11.6 Å². The number of nitrogens with zero attached hydrogens (tertiary/aromatic N) is 4. The number of anilines is 1. The van der Waals surface area contributed by atoms with E-state index in [4.69, 9.17) is 11.6 Å². The van der Waals surface area contributed by atoms with Gasteiger partial charge in [0.25, 0.3) is 0 Å². The van der Waals surface area contributed by atoms with E-state index >= 15 is 0 Å². The molecule has 0 atom stereocenters. The standard InChI is InChI=1S/C16H17ClN6O/c1-11-9-15(21-23(11)14-6-4-3-5-13(14)17)20-16(24)18-10-12-7-8-19-22(12)2/h3-9H,10H2,1-2H3,(H2,18,20,21,24).